The van der Waals surface area contributed by atoms with Crippen LogP contribution in [0.1, 0.15) is 22.8 Å². The molecule has 1 saturated heterocycles. The Morgan fingerprint density at radius 1 is 1.21 bits per heavy atom. The fourth-order valence-corrected chi connectivity index (χ4v) is 6.49. The van der Waals surface area contributed by atoms with E-state index in [-0.39, 0.29) is 10.5 Å². The average molecular weight is 497 g/mol. The van der Waals surface area contributed by atoms with Crippen molar-refractivity contribution in [1.29, 1.82) is 0 Å². The van der Waals surface area contributed by atoms with Crippen LogP contribution < -0.4 is 5.32 Å². The summed E-state index contributed by atoms with van der Waals surface area (Å²) in [6.45, 7) is 3.23. The number of rotatable bonds is 6. The zero-order valence-electron chi connectivity index (χ0n) is 18.6. The predicted octanol–water partition coefficient (Wildman–Crippen LogP) is 4.13. The van der Waals surface area contributed by atoms with Crippen LogP contribution in [0, 0.1) is 0 Å². The second-order valence-electron chi connectivity index (χ2n) is 7.93. The minimum Gasteiger partial charge on any atom is -0.379 e. The third-order valence-corrected chi connectivity index (χ3v) is 8.63. The molecule has 2 N–H and O–H groups in total. The number of aryl methyl sites for hydroxylation is 1. The number of carbonyl (C=O) groups is 1. The first-order valence-corrected chi connectivity index (χ1v) is 13.3. The van der Waals surface area contributed by atoms with E-state index in [1.54, 1.807) is 12.1 Å². The van der Waals surface area contributed by atoms with Crippen LogP contribution in [0.15, 0.2) is 58.9 Å². The number of hydrogen-bond acceptors (Lipinski definition) is 6. The monoisotopic (exact) mass is 496 g/mol. The van der Waals surface area contributed by atoms with Gasteiger partial charge < -0.3 is 9.72 Å². The van der Waals surface area contributed by atoms with Crippen LogP contribution in [-0.2, 0) is 21.2 Å². The number of para-hydroxylation sites is 1. The number of H-pyrrole nitrogens is 1. The standard InChI is InChI=1S/C24H24N4O4S2/c1-2-16-7-8-17(13-22(16)34(30,31)28-9-11-32-12-10-28)23(29)27-24-26-21(15-33-24)19-14-25-20-6-4-3-5-18(19)20/h3-8,13-15,25H,2,9-12H2,1H3,(H,26,27,29). The van der Waals surface area contributed by atoms with Gasteiger partial charge in [0.1, 0.15) is 0 Å². The molecule has 34 heavy (non-hydrogen) atoms. The summed E-state index contributed by atoms with van der Waals surface area (Å²) in [6.07, 6.45) is 2.44. The number of ether oxygens (including phenoxy) is 1. The summed E-state index contributed by atoms with van der Waals surface area (Å²) in [5.41, 5.74) is 3.68. The van der Waals surface area contributed by atoms with Crippen molar-refractivity contribution in [3.63, 3.8) is 0 Å². The highest BCUT2D eigenvalue weighted by atomic mass is 32.2. The van der Waals surface area contributed by atoms with Gasteiger partial charge in [0.25, 0.3) is 5.91 Å². The minimum atomic E-state index is -3.72. The molecule has 8 nitrogen and oxygen atoms in total. The largest absolute Gasteiger partial charge is 0.379 e. The second kappa shape index (κ2) is 9.30. The quantitative estimate of drug-likeness (QED) is 0.418. The van der Waals surface area contributed by atoms with Crippen LogP contribution in [0.5, 0.6) is 0 Å². The van der Waals surface area contributed by atoms with E-state index in [1.165, 1.54) is 21.7 Å². The van der Waals surface area contributed by atoms with Gasteiger partial charge in [-0.15, -0.1) is 11.3 Å². The molecular formula is C24H24N4O4S2. The molecule has 0 spiro atoms. The first-order chi connectivity index (χ1) is 16.5. The maximum Gasteiger partial charge on any atom is 0.257 e. The van der Waals surface area contributed by atoms with Crippen molar-refractivity contribution in [2.75, 3.05) is 31.6 Å². The van der Waals surface area contributed by atoms with Crippen LogP contribution in [0.3, 0.4) is 0 Å². The highest BCUT2D eigenvalue weighted by molar-refractivity contribution is 7.89. The van der Waals surface area contributed by atoms with E-state index in [1.807, 2.05) is 42.8 Å². The van der Waals surface area contributed by atoms with Gasteiger partial charge >= 0.3 is 0 Å². The molecule has 0 bridgehead atoms. The Morgan fingerprint density at radius 3 is 2.79 bits per heavy atom. The van der Waals surface area contributed by atoms with E-state index in [0.29, 0.717) is 43.4 Å². The van der Waals surface area contributed by atoms with Gasteiger partial charge in [0, 0.05) is 46.7 Å². The van der Waals surface area contributed by atoms with Gasteiger partial charge in [0.05, 0.1) is 23.8 Å². The molecule has 1 aliphatic heterocycles. The van der Waals surface area contributed by atoms with Gasteiger partial charge in [-0.1, -0.05) is 31.2 Å². The molecule has 0 radical (unpaired) electrons. The average Bonchev–Trinajstić information content (AvgIpc) is 3.51. The zero-order chi connectivity index (χ0) is 23.7. The summed E-state index contributed by atoms with van der Waals surface area (Å²) in [5, 5.41) is 6.20. The van der Waals surface area contributed by atoms with E-state index < -0.39 is 15.9 Å². The molecule has 0 aliphatic carbocycles. The summed E-state index contributed by atoms with van der Waals surface area (Å²) in [4.78, 5) is 21.0. The van der Waals surface area contributed by atoms with Crippen LogP contribution in [0.25, 0.3) is 22.2 Å². The number of aromatic amines is 1. The zero-order valence-corrected chi connectivity index (χ0v) is 20.2. The topological polar surface area (TPSA) is 104 Å². The highest BCUT2D eigenvalue weighted by Gasteiger charge is 2.29. The van der Waals surface area contributed by atoms with Crippen LogP contribution in [0.4, 0.5) is 5.13 Å². The van der Waals surface area contributed by atoms with Crippen molar-refractivity contribution >= 4 is 43.3 Å². The molecule has 0 atom stereocenters. The molecule has 2 aromatic heterocycles. The third-order valence-electron chi connectivity index (χ3n) is 5.89. The van der Waals surface area contributed by atoms with Gasteiger partial charge in [-0.05, 0) is 30.2 Å². The third kappa shape index (κ3) is 4.25. The number of thiazole rings is 1. The van der Waals surface area contributed by atoms with Crippen molar-refractivity contribution in [2.45, 2.75) is 18.2 Å². The maximum atomic E-state index is 13.3. The van der Waals surface area contributed by atoms with E-state index in [0.717, 1.165) is 22.2 Å². The van der Waals surface area contributed by atoms with Gasteiger partial charge in [-0.25, -0.2) is 13.4 Å². The lowest BCUT2D eigenvalue weighted by atomic mass is 10.1. The number of hydrogen-bond donors (Lipinski definition) is 2. The molecule has 0 unspecified atom stereocenters. The summed E-state index contributed by atoms with van der Waals surface area (Å²) >= 11 is 1.32. The SMILES string of the molecule is CCc1ccc(C(=O)Nc2nc(-c3c[nH]c4ccccc34)cs2)cc1S(=O)(=O)N1CCOCC1. The molecule has 5 rings (SSSR count). The van der Waals surface area contributed by atoms with Gasteiger partial charge in [-0.3, -0.25) is 10.1 Å². The summed E-state index contributed by atoms with van der Waals surface area (Å²) in [5.74, 6) is -0.402. The molecule has 4 aromatic rings. The first-order valence-electron chi connectivity index (χ1n) is 11.0. The lowest BCUT2D eigenvalue weighted by Crippen LogP contribution is -2.41. The van der Waals surface area contributed by atoms with Crippen molar-refractivity contribution < 1.29 is 17.9 Å². The first kappa shape index (κ1) is 22.7. The highest BCUT2D eigenvalue weighted by Crippen LogP contribution is 2.31. The number of carbonyl (C=O) groups excluding carboxylic acids is 1. The predicted molar refractivity (Wildman–Crippen MR) is 133 cm³/mol. The van der Waals surface area contributed by atoms with Crippen LogP contribution in [-0.4, -0.2) is 54.9 Å². The molecule has 2 aromatic carbocycles. The van der Waals surface area contributed by atoms with Gasteiger partial charge in [0.15, 0.2) is 5.13 Å². The molecule has 1 aliphatic rings. The number of sulfonamides is 1. The fourth-order valence-electron chi connectivity index (χ4n) is 4.06. The van der Waals surface area contributed by atoms with Gasteiger partial charge in [0.2, 0.25) is 10.0 Å². The summed E-state index contributed by atoms with van der Waals surface area (Å²) in [7, 11) is -3.72. The van der Waals surface area contributed by atoms with Crippen molar-refractivity contribution in [3.8, 4) is 11.3 Å². The number of aromatic nitrogens is 2. The van der Waals surface area contributed by atoms with Crippen molar-refractivity contribution in [2.24, 2.45) is 0 Å². The fraction of sp³-hybridized carbons (Fsp3) is 0.250. The smallest absolute Gasteiger partial charge is 0.257 e. The number of anilines is 1. The Balaban J connectivity index is 1.40. The number of amides is 1. The molecular weight excluding hydrogens is 472 g/mol. The second-order valence-corrected chi connectivity index (χ2v) is 10.7. The van der Waals surface area contributed by atoms with Crippen molar-refractivity contribution in [3.05, 3.63) is 65.2 Å². The lowest BCUT2D eigenvalue weighted by molar-refractivity contribution is 0.0730. The number of nitrogens with one attached hydrogen (secondary N) is 2. The maximum absolute atomic E-state index is 13.3. The molecule has 10 heteroatoms. The van der Waals surface area contributed by atoms with E-state index >= 15 is 0 Å². The molecule has 1 fully saturated rings. The normalized spacial score (nSPS) is 15.0. The lowest BCUT2D eigenvalue weighted by Gasteiger charge is -2.27. The Morgan fingerprint density at radius 2 is 2.00 bits per heavy atom. The Bertz CT molecular complexity index is 1450. The number of fused-ring (bicyclic) bond motifs is 1. The van der Waals surface area contributed by atoms with Gasteiger partial charge in [-0.2, -0.15) is 4.31 Å². The number of morpholine rings is 1. The van der Waals surface area contributed by atoms with E-state index in [2.05, 4.69) is 15.3 Å². The number of nitrogens with zero attached hydrogens (tertiary/aromatic N) is 2. The minimum absolute atomic E-state index is 0.170. The number of benzene rings is 2. The van der Waals surface area contributed by atoms with E-state index in [4.69, 9.17) is 4.74 Å². The molecule has 1 amide bonds. The Hall–Kier alpha value is -3.05. The molecule has 0 saturated carbocycles. The summed E-state index contributed by atoms with van der Waals surface area (Å²) < 4.78 is 33.2. The molecule has 176 valence electrons. The molecule has 3 heterocycles. The van der Waals surface area contributed by atoms with E-state index in [9.17, 15) is 13.2 Å². The van der Waals surface area contributed by atoms with Crippen LogP contribution in [0.2, 0.25) is 0 Å². The summed E-state index contributed by atoms with van der Waals surface area (Å²) in [6, 6.07) is 12.8. The Labute approximate surface area is 201 Å². The van der Waals surface area contributed by atoms with Crippen LogP contribution >= 0.6 is 11.3 Å². The Kier molecular flexibility index (Phi) is 6.22. The van der Waals surface area contributed by atoms with Crippen molar-refractivity contribution in [1.82, 2.24) is 14.3 Å².